The molecule has 1 aliphatic heterocycles. The van der Waals surface area contributed by atoms with Gasteiger partial charge >= 0.3 is 12.0 Å². The molecule has 0 aromatic heterocycles. The Morgan fingerprint density at radius 2 is 2.18 bits per heavy atom. The predicted molar refractivity (Wildman–Crippen MR) is 63.9 cm³/mol. The monoisotopic (exact) mass is 243 g/mol. The number of nitrogens with zero attached hydrogens (tertiary/aromatic N) is 2. The first-order valence-corrected chi connectivity index (χ1v) is 5.83. The lowest BCUT2D eigenvalue weighted by Crippen LogP contribution is -2.46. The second-order valence-corrected chi connectivity index (χ2v) is 4.88. The molecule has 2 amide bonds. The molecule has 1 heterocycles. The third-order valence-electron chi connectivity index (χ3n) is 2.83. The van der Waals surface area contributed by atoms with E-state index in [1.54, 1.807) is 4.90 Å². The van der Waals surface area contributed by atoms with Gasteiger partial charge in [-0.2, -0.15) is 0 Å². The molecule has 0 bridgehead atoms. The number of urea groups is 1. The van der Waals surface area contributed by atoms with Crippen LogP contribution in [0.4, 0.5) is 4.79 Å². The number of likely N-dealkylation sites (tertiary alicyclic amines) is 1. The van der Waals surface area contributed by atoms with Crippen LogP contribution in [-0.2, 0) is 4.79 Å². The van der Waals surface area contributed by atoms with Gasteiger partial charge < -0.3 is 20.2 Å². The summed E-state index contributed by atoms with van der Waals surface area (Å²) in [6, 6.07) is -0.107. The average molecular weight is 243 g/mol. The fraction of sp³-hybridized carbons (Fsp3) is 0.818. The molecule has 1 fully saturated rings. The maximum atomic E-state index is 11.8. The van der Waals surface area contributed by atoms with E-state index in [0.717, 1.165) is 6.54 Å². The quantitative estimate of drug-likeness (QED) is 0.732. The normalized spacial score (nSPS) is 21.6. The first-order chi connectivity index (χ1) is 7.90. The fourth-order valence-corrected chi connectivity index (χ4v) is 2.04. The van der Waals surface area contributed by atoms with Crippen LogP contribution in [0.2, 0.25) is 0 Å². The molecule has 17 heavy (non-hydrogen) atoms. The molecule has 0 radical (unpaired) electrons. The van der Waals surface area contributed by atoms with E-state index in [9.17, 15) is 9.59 Å². The average Bonchev–Trinajstić information content (AvgIpc) is 2.64. The lowest BCUT2D eigenvalue weighted by Gasteiger charge is -2.22. The highest BCUT2D eigenvalue weighted by molar-refractivity contribution is 5.77. The van der Waals surface area contributed by atoms with Gasteiger partial charge in [0.05, 0.1) is 5.92 Å². The minimum atomic E-state index is -0.818. The van der Waals surface area contributed by atoms with Gasteiger partial charge in [0.1, 0.15) is 0 Å². The van der Waals surface area contributed by atoms with E-state index < -0.39 is 11.9 Å². The second-order valence-electron chi connectivity index (χ2n) is 4.88. The second kappa shape index (κ2) is 5.86. The number of carbonyl (C=O) groups is 2. The van der Waals surface area contributed by atoms with Crippen molar-refractivity contribution in [1.29, 1.82) is 0 Å². The van der Waals surface area contributed by atoms with Crippen LogP contribution in [0.15, 0.2) is 0 Å². The van der Waals surface area contributed by atoms with E-state index >= 15 is 0 Å². The van der Waals surface area contributed by atoms with Gasteiger partial charge in [0.25, 0.3) is 0 Å². The number of nitrogens with one attached hydrogen (secondary N) is 1. The van der Waals surface area contributed by atoms with E-state index in [4.69, 9.17) is 5.11 Å². The van der Waals surface area contributed by atoms with Crippen molar-refractivity contribution in [2.24, 2.45) is 5.92 Å². The van der Waals surface area contributed by atoms with Crippen molar-refractivity contribution in [2.45, 2.75) is 19.4 Å². The van der Waals surface area contributed by atoms with E-state index in [-0.39, 0.29) is 12.1 Å². The Hall–Kier alpha value is -1.30. The molecule has 2 N–H and O–H groups in total. The highest BCUT2D eigenvalue weighted by Crippen LogP contribution is 2.16. The Morgan fingerprint density at radius 3 is 2.65 bits per heavy atom. The zero-order chi connectivity index (χ0) is 13.0. The first-order valence-electron chi connectivity index (χ1n) is 5.83. The van der Waals surface area contributed by atoms with E-state index in [2.05, 4.69) is 5.32 Å². The van der Waals surface area contributed by atoms with Gasteiger partial charge in [0.15, 0.2) is 0 Å². The van der Waals surface area contributed by atoms with Crippen molar-refractivity contribution in [2.75, 3.05) is 33.7 Å². The third-order valence-corrected chi connectivity index (χ3v) is 2.83. The molecule has 98 valence electrons. The van der Waals surface area contributed by atoms with E-state index in [0.29, 0.717) is 19.5 Å². The Bertz CT molecular complexity index is 294. The Morgan fingerprint density at radius 1 is 1.53 bits per heavy atom. The maximum absolute atomic E-state index is 11.8. The van der Waals surface area contributed by atoms with Gasteiger partial charge in [-0.15, -0.1) is 0 Å². The summed E-state index contributed by atoms with van der Waals surface area (Å²) < 4.78 is 0. The molecule has 1 saturated heterocycles. The van der Waals surface area contributed by atoms with Gasteiger partial charge in [0, 0.05) is 25.7 Å². The summed E-state index contributed by atoms with van der Waals surface area (Å²) >= 11 is 0. The summed E-state index contributed by atoms with van der Waals surface area (Å²) in [7, 11) is 3.89. The summed E-state index contributed by atoms with van der Waals surface area (Å²) in [5, 5.41) is 11.7. The van der Waals surface area contributed by atoms with Gasteiger partial charge in [-0.25, -0.2) is 4.79 Å². The third kappa shape index (κ3) is 4.22. The highest BCUT2D eigenvalue weighted by atomic mass is 16.4. The van der Waals surface area contributed by atoms with Crippen LogP contribution in [-0.4, -0.2) is 66.7 Å². The zero-order valence-corrected chi connectivity index (χ0v) is 10.6. The first kappa shape index (κ1) is 13.8. The van der Waals surface area contributed by atoms with Crippen LogP contribution >= 0.6 is 0 Å². The molecule has 0 aromatic carbocycles. The topological polar surface area (TPSA) is 72.9 Å². The van der Waals surface area contributed by atoms with Crippen molar-refractivity contribution in [1.82, 2.24) is 15.1 Å². The number of likely N-dealkylation sites (N-methyl/N-ethyl adjacent to an activating group) is 1. The number of carboxylic acid groups (broad SMARTS) is 1. The van der Waals surface area contributed by atoms with Crippen LogP contribution in [0.1, 0.15) is 13.3 Å². The molecule has 2 atom stereocenters. The Balaban J connectivity index is 2.37. The number of hydrogen-bond acceptors (Lipinski definition) is 3. The summed E-state index contributed by atoms with van der Waals surface area (Å²) in [6.07, 6.45) is 0.546. The van der Waals surface area contributed by atoms with Crippen molar-refractivity contribution in [3.8, 4) is 0 Å². The number of amides is 2. The van der Waals surface area contributed by atoms with Gasteiger partial charge in [-0.1, -0.05) is 0 Å². The number of carboxylic acids is 1. The standard InChI is InChI=1S/C11H21N3O3/c1-8(6-13(2)3)12-11(17)14-5-4-9(7-14)10(15)16/h8-9H,4-7H2,1-3H3,(H,12,17)(H,15,16). The fourth-order valence-electron chi connectivity index (χ4n) is 2.04. The summed E-state index contributed by atoms with van der Waals surface area (Å²) in [6.45, 7) is 3.54. The molecule has 1 aliphatic rings. The van der Waals surface area contributed by atoms with Crippen LogP contribution in [0.5, 0.6) is 0 Å². The molecule has 0 saturated carbocycles. The van der Waals surface area contributed by atoms with Gasteiger partial charge in [-0.05, 0) is 27.4 Å². The molecule has 1 rings (SSSR count). The van der Waals surface area contributed by atoms with Crippen LogP contribution in [0.3, 0.4) is 0 Å². The molecule has 6 nitrogen and oxygen atoms in total. The van der Waals surface area contributed by atoms with Crippen molar-refractivity contribution in [3.63, 3.8) is 0 Å². The SMILES string of the molecule is CC(CN(C)C)NC(=O)N1CCC(C(=O)O)C1. The summed E-state index contributed by atoms with van der Waals surface area (Å²) in [5.41, 5.74) is 0. The number of carbonyl (C=O) groups excluding carboxylic acids is 1. The summed E-state index contributed by atoms with van der Waals surface area (Å²) in [4.78, 5) is 26.2. The largest absolute Gasteiger partial charge is 0.481 e. The van der Waals surface area contributed by atoms with Crippen LogP contribution < -0.4 is 5.32 Å². The Kier molecular flexibility index (Phi) is 4.74. The summed E-state index contributed by atoms with van der Waals surface area (Å²) in [5.74, 6) is -1.23. The Labute approximate surface area is 102 Å². The number of hydrogen-bond donors (Lipinski definition) is 2. The molecular formula is C11H21N3O3. The zero-order valence-electron chi connectivity index (χ0n) is 10.6. The van der Waals surface area contributed by atoms with Crippen molar-refractivity contribution < 1.29 is 14.7 Å². The molecular weight excluding hydrogens is 222 g/mol. The molecule has 0 spiro atoms. The maximum Gasteiger partial charge on any atom is 0.317 e. The predicted octanol–water partition coefficient (Wildman–Crippen LogP) is 0.0526. The molecule has 2 unspecified atom stereocenters. The lowest BCUT2D eigenvalue weighted by atomic mass is 10.1. The van der Waals surface area contributed by atoms with Crippen molar-refractivity contribution >= 4 is 12.0 Å². The van der Waals surface area contributed by atoms with Crippen LogP contribution in [0, 0.1) is 5.92 Å². The van der Waals surface area contributed by atoms with Crippen LogP contribution in [0.25, 0.3) is 0 Å². The molecule has 6 heteroatoms. The minimum absolute atomic E-state index is 0.0568. The number of rotatable bonds is 4. The smallest absolute Gasteiger partial charge is 0.317 e. The molecule has 0 aromatic rings. The highest BCUT2D eigenvalue weighted by Gasteiger charge is 2.31. The lowest BCUT2D eigenvalue weighted by molar-refractivity contribution is -0.141. The number of aliphatic carboxylic acids is 1. The van der Waals surface area contributed by atoms with Gasteiger partial charge in [-0.3, -0.25) is 4.79 Å². The molecule has 0 aliphatic carbocycles. The van der Waals surface area contributed by atoms with E-state index in [1.807, 2.05) is 25.9 Å². The van der Waals surface area contributed by atoms with Gasteiger partial charge in [0.2, 0.25) is 0 Å². The van der Waals surface area contributed by atoms with Crippen molar-refractivity contribution in [3.05, 3.63) is 0 Å². The van der Waals surface area contributed by atoms with E-state index in [1.165, 1.54) is 0 Å². The minimum Gasteiger partial charge on any atom is -0.481 e.